The number of carboxylic acid groups (broad SMARTS) is 1. The average molecular weight is 285 g/mol. The highest BCUT2D eigenvalue weighted by Crippen LogP contribution is 2.25. The van der Waals surface area contributed by atoms with Gasteiger partial charge in [0.2, 0.25) is 5.91 Å². The van der Waals surface area contributed by atoms with Crippen molar-refractivity contribution in [3.63, 3.8) is 0 Å². The van der Waals surface area contributed by atoms with E-state index in [9.17, 15) is 9.59 Å². The molecule has 6 heteroatoms. The molecule has 2 N–H and O–H groups in total. The Balaban J connectivity index is 1.58. The first kappa shape index (κ1) is 15.3. The van der Waals surface area contributed by atoms with Crippen molar-refractivity contribution in [3.8, 4) is 0 Å². The number of carbonyl (C=O) groups is 2. The number of nitrogens with one attached hydrogen (secondary N) is 1. The van der Waals surface area contributed by atoms with Gasteiger partial charge in [-0.05, 0) is 25.7 Å². The molecule has 0 aromatic heterocycles. The Kier molecular flexibility index (Phi) is 5.79. The number of carboxylic acids is 1. The van der Waals surface area contributed by atoms with Gasteiger partial charge in [-0.3, -0.25) is 9.59 Å². The normalized spacial score (nSPS) is 29.5. The quantitative estimate of drug-likeness (QED) is 0.680. The molecule has 1 aliphatic carbocycles. The lowest BCUT2D eigenvalue weighted by molar-refractivity contribution is -0.142. The Morgan fingerprint density at radius 3 is 2.80 bits per heavy atom. The molecule has 2 fully saturated rings. The zero-order chi connectivity index (χ0) is 14.4. The van der Waals surface area contributed by atoms with Gasteiger partial charge < -0.3 is 19.9 Å². The highest BCUT2D eigenvalue weighted by Gasteiger charge is 2.33. The molecular weight excluding hydrogens is 262 g/mol. The number of ether oxygens (including phenoxy) is 2. The van der Waals surface area contributed by atoms with Crippen molar-refractivity contribution >= 4 is 11.9 Å². The van der Waals surface area contributed by atoms with Crippen LogP contribution in [0.1, 0.15) is 38.5 Å². The third-order valence-electron chi connectivity index (χ3n) is 3.98. The predicted molar refractivity (Wildman–Crippen MR) is 71.3 cm³/mol. The van der Waals surface area contributed by atoms with Crippen LogP contribution in [0.3, 0.4) is 0 Å². The zero-order valence-electron chi connectivity index (χ0n) is 11.7. The first-order valence-electron chi connectivity index (χ1n) is 7.38. The van der Waals surface area contributed by atoms with Gasteiger partial charge in [0.25, 0.3) is 0 Å². The van der Waals surface area contributed by atoms with Crippen molar-refractivity contribution in [3.05, 3.63) is 0 Å². The lowest BCUT2D eigenvalue weighted by Gasteiger charge is -2.17. The molecule has 1 heterocycles. The second-order valence-electron chi connectivity index (χ2n) is 5.51. The van der Waals surface area contributed by atoms with E-state index >= 15 is 0 Å². The number of hydrogen-bond acceptors (Lipinski definition) is 4. The third-order valence-corrected chi connectivity index (χ3v) is 3.98. The van der Waals surface area contributed by atoms with Gasteiger partial charge in [-0.25, -0.2) is 0 Å². The van der Waals surface area contributed by atoms with Crippen LogP contribution in [0, 0.1) is 5.92 Å². The van der Waals surface area contributed by atoms with Gasteiger partial charge in [-0.1, -0.05) is 6.42 Å². The van der Waals surface area contributed by atoms with E-state index in [0.29, 0.717) is 19.6 Å². The summed E-state index contributed by atoms with van der Waals surface area (Å²) in [6, 6.07) is -0.224. The summed E-state index contributed by atoms with van der Waals surface area (Å²) in [4.78, 5) is 22.8. The van der Waals surface area contributed by atoms with Gasteiger partial charge in [0.15, 0.2) is 0 Å². The van der Waals surface area contributed by atoms with Crippen LogP contribution in [0.2, 0.25) is 0 Å². The molecule has 0 radical (unpaired) electrons. The van der Waals surface area contributed by atoms with E-state index in [1.807, 2.05) is 0 Å². The molecule has 1 unspecified atom stereocenters. The minimum atomic E-state index is -0.817. The first-order valence-corrected chi connectivity index (χ1v) is 7.38. The maximum absolute atomic E-state index is 11.7. The Labute approximate surface area is 118 Å². The number of hydrogen-bond donors (Lipinski definition) is 2. The summed E-state index contributed by atoms with van der Waals surface area (Å²) in [6.07, 6.45) is 4.80. The van der Waals surface area contributed by atoms with Gasteiger partial charge in [0.1, 0.15) is 0 Å². The van der Waals surface area contributed by atoms with Crippen LogP contribution in [-0.2, 0) is 19.1 Å². The number of aliphatic carboxylic acids is 1. The molecule has 0 aromatic carbocycles. The maximum Gasteiger partial charge on any atom is 0.308 e. The molecule has 2 aliphatic rings. The lowest BCUT2D eigenvalue weighted by Crippen LogP contribution is -2.40. The Hall–Kier alpha value is -1.14. The van der Waals surface area contributed by atoms with Crippen LogP contribution in [0.5, 0.6) is 0 Å². The molecule has 1 aliphatic heterocycles. The van der Waals surface area contributed by atoms with E-state index in [0.717, 1.165) is 32.3 Å². The fourth-order valence-electron chi connectivity index (χ4n) is 2.86. The molecule has 2 rings (SSSR count). The van der Waals surface area contributed by atoms with E-state index in [2.05, 4.69) is 5.32 Å². The number of amides is 1. The van der Waals surface area contributed by atoms with Gasteiger partial charge in [-0.2, -0.15) is 0 Å². The minimum Gasteiger partial charge on any atom is -0.481 e. The highest BCUT2D eigenvalue weighted by molar-refractivity contribution is 5.78. The van der Waals surface area contributed by atoms with Gasteiger partial charge in [-0.15, -0.1) is 0 Å². The van der Waals surface area contributed by atoms with E-state index in [-0.39, 0.29) is 24.5 Å². The van der Waals surface area contributed by atoms with Crippen molar-refractivity contribution in [2.75, 3.05) is 19.8 Å². The van der Waals surface area contributed by atoms with Gasteiger partial charge in [0, 0.05) is 19.1 Å². The summed E-state index contributed by atoms with van der Waals surface area (Å²) in [5, 5.41) is 11.8. The van der Waals surface area contributed by atoms with Gasteiger partial charge in [0.05, 0.1) is 25.2 Å². The Bertz CT molecular complexity index is 340. The van der Waals surface area contributed by atoms with Crippen LogP contribution in [-0.4, -0.2) is 48.9 Å². The predicted octanol–water partition coefficient (Wildman–Crippen LogP) is 0.942. The smallest absolute Gasteiger partial charge is 0.308 e. The summed E-state index contributed by atoms with van der Waals surface area (Å²) in [6.45, 7) is 1.69. The first-order chi connectivity index (χ1) is 9.66. The average Bonchev–Trinajstić information content (AvgIpc) is 3.05. The monoisotopic (exact) mass is 285 g/mol. The van der Waals surface area contributed by atoms with Crippen LogP contribution in [0.4, 0.5) is 0 Å². The number of rotatable bonds is 7. The SMILES string of the molecule is O=C(CCOCC1CCCO1)N[C@H]1CCC[C@H]1C(=O)O. The molecule has 20 heavy (non-hydrogen) atoms. The van der Waals surface area contributed by atoms with Crippen molar-refractivity contribution in [2.24, 2.45) is 5.92 Å². The summed E-state index contributed by atoms with van der Waals surface area (Å²) < 4.78 is 10.8. The van der Waals surface area contributed by atoms with Crippen LogP contribution in [0.15, 0.2) is 0 Å². The molecule has 0 aromatic rings. The lowest BCUT2D eigenvalue weighted by atomic mass is 10.0. The molecule has 1 saturated carbocycles. The second kappa shape index (κ2) is 7.59. The van der Waals surface area contributed by atoms with E-state index in [4.69, 9.17) is 14.6 Å². The molecule has 0 spiro atoms. The molecular formula is C14H23NO5. The van der Waals surface area contributed by atoms with Crippen molar-refractivity contribution in [1.29, 1.82) is 0 Å². The number of carbonyl (C=O) groups excluding carboxylic acids is 1. The fourth-order valence-corrected chi connectivity index (χ4v) is 2.86. The molecule has 3 atom stereocenters. The Morgan fingerprint density at radius 2 is 2.10 bits per heavy atom. The summed E-state index contributed by atoms with van der Waals surface area (Å²) in [5.74, 6) is -1.38. The Morgan fingerprint density at radius 1 is 1.25 bits per heavy atom. The van der Waals surface area contributed by atoms with Crippen LogP contribution >= 0.6 is 0 Å². The van der Waals surface area contributed by atoms with E-state index in [1.54, 1.807) is 0 Å². The summed E-state index contributed by atoms with van der Waals surface area (Å²) >= 11 is 0. The summed E-state index contributed by atoms with van der Waals surface area (Å²) in [7, 11) is 0. The van der Waals surface area contributed by atoms with Crippen LogP contribution in [0.25, 0.3) is 0 Å². The second-order valence-corrected chi connectivity index (χ2v) is 5.51. The van der Waals surface area contributed by atoms with E-state index in [1.165, 1.54) is 0 Å². The van der Waals surface area contributed by atoms with Crippen molar-refractivity contribution in [2.45, 2.75) is 50.7 Å². The molecule has 6 nitrogen and oxygen atoms in total. The van der Waals surface area contributed by atoms with E-state index < -0.39 is 11.9 Å². The fraction of sp³-hybridized carbons (Fsp3) is 0.857. The van der Waals surface area contributed by atoms with Crippen molar-refractivity contribution in [1.82, 2.24) is 5.32 Å². The van der Waals surface area contributed by atoms with Crippen molar-refractivity contribution < 1.29 is 24.2 Å². The summed E-state index contributed by atoms with van der Waals surface area (Å²) in [5.41, 5.74) is 0. The molecule has 1 amide bonds. The third kappa shape index (κ3) is 4.45. The minimum absolute atomic E-state index is 0.129. The van der Waals surface area contributed by atoms with Crippen LogP contribution < -0.4 is 5.32 Å². The molecule has 0 bridgehead atoms. The van der Waals surface area contributed by atoms with Gasteiger partial charge >= 0.3 is 5.97 Å². The maximum atomic E-state index is 11.7. The topological polar surface area (TPSA) is 84.9 Å². The highest BCUT2D eigenvalue weighted by atomic mass is 16.5. The largest absolute Gasteiger partial charge is 0.481 e. The molecule has 1 saturated heterocycles. The zero-order valence-corrected chi connectivity index (χ0v) is 11.7. The molecule has 114 valence electrons. The standard InChI is InChI=1S/C14H23NO5/c16-13(6-8-19-9-10-3-2-7-20-10)15-12-5-1-4-11(12)14(17)18/h10-12H,1-9H2,(H,15,16)(H,17,18)/t10?,11-,12+/m1/s1.